The molecule has 0 aliphatic carbocycles. The number of anilines is 1. The molecule has 4 nitrogen and oxygen atoms in total. The summed E-state index contributed by atoms with van der Waals surface area (Å²) in [7, 11) is 0. The first-order chi connectivity index (χ1) is 8.60. The van der Waals surface area contributed by atoms with E-state index in [4.69, 9.17) is 5.73 Å². The average molecular weight is 286 g/mol. The standard InChI is InChI=1S/C12H22N4S2/c1-9(2)10-14-11(18-15-10)16-6-4-12(8-13,17-3)5-7-16/h9H,4-8,13H2,1-3H3. The number of nitrogens with two attached hydrogens (primary N) is 1. The molecule has 0 saturated carbocycles. The predicted molar refractivity (Wildman–Crippen MR) is 80.7 cm³/mol. The minimum absolute atomic E-state index is 0.280. The van der Waals surface area contributed by atoms with E-state index in [0.717, 1.165) is 43.4 Å². The summed E-state index contributed by atoms with van der Waals surface area (Å²) in [6.07, 6.45) is 4.45. The number of thioether (sulfide) groups is 1. The van der Waals surface area contributed by atoms with Crippen molar-refractivity contribution in [1.82, 2.24) is 9.36 Å². The van der Waals surface area contributed by atoms with Crippen molar-refractivity contribution in [2.24, 2.45) is 5.73 Å². The Kier molecular flexibility index (Phi) is 4.50. The third kappa shape index (κ3) is 2.81. The van der Waals surface area contributed by atoms with Crippen LogP contribution in [-0.4, -0.2) is 40.0 Å². The molecule has 2 N–H and O–H groups in total. The Morgan fingerprint density at radius 2 is 2.11 bits per heavy atom. The fraction of sp³-hybridized carbons (Fsp3) is 0.833. The number of rotatable bonds is 4. The monoisotopic (exact) mass is 286 g/mol. The Bertz CT molecular complexity index is 377. The molecule has 0 atom stereocenters. The quantitative estimate of drug-likeness (QED) is 0.920. The SMILES string of the molecule is CSC1(CN)CCN(c2nc(C(C)C)ns2)CC1. The van der Waals surface area contributed by atoms with Crippen molar-refractivity contribution in [3.63, 3.8) is 0 Å². The lowest BCUT2D eigenvalue weighted by molar-refractivity contribution is 0.456. The van der Waals surface area contributed by atoms with E-state index in [1.165, 1.54) is 11.5 Å². The van der Waals surface area contributed by atoms with Crippen molar-refractivity contribution in [3.8, 4) is 0 Å². The largest absolute Gasteiger partial charge is 0.347 e. The Morgan fingerprint density at radius 1 is 1.44 bits per heavy atom. The summed E-state index contributed by atoms with van der Waals surface area (Å²) in [5.41, 5.74) is 5.91. The van der Waals surface area contributed by atoms with Gasteiger partial charge in [-0.05, 0) is 19.1 Å². The first kappa shape index (κ1) is 14.1. The summed E-state index contributed by atoms with van der Waals surface area (Å²) in [4.78, 5) is 6.98. The molecule has 0 aromatic carbocycles. The second kappa shape index (κ2) is 5.75. The Labute approximate surface area is 118 Å². The van der Waals surface area contributed by atoms with Gasteiger partial charge in [0, 0.05) is 41.8 Å². The number of hydrogen-bond donors (Lipinski definition) is 1. The van der Waals surface area contributed by atoms with E-state index in [9.17, 15) is 0 Å². The van der Waals surface area contributed by atoms with Crippen LogP contribution in [0.2, 0.25) is 0 Å². The molecule has 6 heteroatoms. The van der Waals surface area contributed by atoms with E-state index in [0.29, 0.717) is 5.92 Å². The molecule has 1 fully saturated rings. The molecular weight excluding hydrogens is 264 g/mol. The second-order valence-electron chi connectivity index (χ2n) is 5.17. The van der Waals surface area contributed by atoms with E-state index < -0.39 is 0 Å². The Balaban J connectivity index is 2.00. The molecule has 1 aliphatic heterocycles. The minimum atomic E-state index is 0.280. The summed E-state index contributed by atoms with van der Waals surface area (Å²) < 4.78 is 4.71. The highest BCUT2D eigenvalue weighted by atomic mass is 32.2. The molecule has 18 heavy (non-hydrogen) atoms. The smallest absolute Gasteiger partial charge is 0.205 e. The molecular formula is C12H22N4S2. The van der Waals surface area contributed by atoms with Crippen LogP contribution in [0.3, 0.4) is 0 Å². The summed E-state index contributed by atoms with van der Waals surface area (Å²) in [5.74, 6) is 1.38. The van der Waals surface area contributed by atoms with Crippen LogP contribution in [0.15, 0.2) is 0 Å². The summed E-state index contributed by atoms with van der Waals surface area (Å²) in [6, 6.07) is 0. The number of nitrogens with zero attached hydrogens (tertiary/aromatic N) is 3. The zero-order valence-electron chi connectivity index (χ0n) is 11.3. The van der Waals surface area contributed by atoms with Gasteiger partial charge >= 0.3 is 0 Å². The summed E-state index contributed by atoms with van der Waals surface area (Å²) in [6.45, 7) is 7.13. The summed E-state index contributed by atoms with van der Waals surface area (Å²) >= 11 is 3.44. The van der Waals surface area contributed by atoms with Gasteiger partial charge in [-0.2, -0.15) is 16.1 Å². The van der Waals surface area contributed by atoms with Crippen molar-refractivity contribution >= 4 is 28.4 Å². The van der Waals surface area contributed by atoms with Crippen molar-refractivity contribution in [3.05, 3.63) is 5.82 Å². The lowest BCUT2D eigenvalue weighted by Crippen LogP contribution is -2.46. The molecule has 102 valence electrons. The van der Waals surface area contributed by atoms with Gasteiger partial charge in [0.15, 0.2) is 0 Å². The van der Waals surface area contributed by atoms with Crippen LogP contribution in [0.4, 0.5) is 5.13 Å². The van der Waals surface area contributed by atoms with Crippen molar-refractivity contribution < 1.29 is 0 Å². The van der Waals surface area contributed by atoms with Gasteiger partial charge < -0.3 is 10.6 Å². The molecule has 1 aliphatic rings. The van der Waals surface area contributed by atoms with Gasteiger partial charge in [-0.25, -0.2) is 4.98 Å². The van der Waals surface area contributed by atoms with Gasteiger partial charge in [0.05, 0.1) is 0 Å². The van der Waals surface area contributed by atoms with Crippen LogP contribution in [0, 0.1) is 0 Å². The number of aromatic nitrogens is 2. The van der Waals surface area contributed by atoms with Crippen LogP contribution < -0.4 is 10.6 Å². The average Bonchev–Trinajstić information content (AvgIpc) is 2.88. The van der Waals surface area contributed by atoms with Gasteiger partial charge in [0.1, 0.15) is 5.82 Å². The van der Waals surface area contributed by atoms with Crippen LogP contribution in [0.1, 0.15) is 38.4 Å². The molecule has 0 bridgehead atoms. The maximum atomic E-state index is 5.91. The van der Waals surface area contributed by atoms with Crippen LogP contribution in [-0.2, 0) is 0 Å². The van der Waals surface area contributed by atoms with Crippen LogP contribution in [0.5, 0.6) is 0 Å². The highest BCUT2D eigenvalue weighted by Crippen LogP contribution is 2.35. The van der Waals surface area contributed by atoms with E-state index in [-0.39, 0.29) is 4.75 Å². The molecule has 2 rings (SSSR count). The molecule has 0 unspecified atom stereocenters. The van der Waals surface area contributed by atoms with Gasteiger partial charge in [-0.15, -0.1) is 0 Å². The molecule has 0 amide bonds. The lowest BCUT2D eigenvalue weighted by atomic mass is 9.96. The van der Waals surface area contributed by atoms with E-state index in [1.807, 2.05) is 11.8 Å². The van der Waals surface area contributed by atoms with Crippen molar-refractivity contribution in [2.75, 3.05) is 30.8 Å². The highest BCUT2D eigenvalue weighted by molar-refractivity contribution is 8.00. The fourth-order valence-electron chi connectivity index (χ4n) is 2.19. The molecule has 2 heterocycles. The fourth-order valence-corrected chi connectivity index (χ4v) is 3.80. The Morgan fingerprint density at radius 3 is 2.56 bits per heavy atom. The summed E-state index contributed by atoms with van der Waals surface area (Å²) in [5, 5.41) is 1.07. The van der Waals surface area contributed by atoms with Crippen LogP contribution >= 0.6 is 23.3 Å². The maximum Gasteiger partial charge on any atom is 0.205 e. The molecule has 1 aromatic heterocycles. The van der Waals surface area contributed by atoms with Gasteiger partial charge in [-0.1, -0.05) is 13.8 Å². The third-order valence-electron chi connectivity index (χ3n) is 3.70. The maximum absolute atomic E-state index is 5.91. The third-order valence-corrected chi connectivity index (χ3v) is 5.93. The normalized spacial score (nSPS) is 19.5. The zero-order valence-corrected chi connectivity index (χ0v) is 13.0. The number of piperidine rings is 1. The van der Waals surface area contributed by atoms with Gasteiger partial charge in [0.2, 0.25) is 5.13 Å². The van der Waals surface area contributed by atoms with Crippen molar-refractivity contribution in [2.45, 2.75) is 37.4 Å². The molecule has 1 saturated heterocycles. The molecule has 0 radical (unpaired) electrons. The molecule has 0 spiro atoms. The van der Waals surface area contributed by atoms with Crippen molar-refractivity contribution in [1.29, 1.82) is 0 Å². The first-order valence-electron chi connectivity index (χ1n) is 6.44. The van der Waals surface area contributed by atoms with E-state index in [2.05, 4.69) is 34.4 Å². The van der Waals surface area contributed by atoms with E-state index in [1.54, 1.807) is 0 Å². The minimum Gasteiger partial charge on any atom is -0.347 e. The first-order valence-corrected chi connectivity index (χ1v) is 8.44. The molecule has 1 aromatic rings. The topological polar surface area (TPSA) is 55.0 Å². The number of hydrogen-bond acceptors (Lipinski definition) is 6. The Hall–Kier alpha value is -0.330. The van der Waals surface area contributed by atoms with Crippen LogP contribution in [0.25, 0.3) is 0 Å². The van der Waals surface area contributed by atoms with E-state index >= 15 is 0 Å². The second-order valence-corrected chi connectivity index (χ2v) is 7.17. The lowest BCUT2D eigenvalue weighted by Gasteiger charge is -2.39. The zero-order chi connectivity index (χ0) is 13.2. The van der Waals surface area contributed by atoms with Gasteiger partial charge in [0.25, 0.3) is 0 Å². The van der Waals surface area contributed by atoms with Gasteiger partial charge in [-0.3, -0.25) is 0 Å². The predicted octanol–water partition coefficient (Wildman–Crippen LogP) is 2.32. The highest BCUT2D eigenvalue weighted by Gasteiger charge is 2.33.